The third kappa shape index (κ3) is 1.86. The molecule has 1 aliphatic heterocycles. The third-order valence-electron chi connectivity index (χ3n) is 4.41. The lowest BCUT2D eigenvalue weighted by molar-refractivity contribution is -0.124. The van der Waals surface area contributed by atoms with Crippen molar-refractivity contribution in [3.63, 3.8) is 0 Å². The molecule has 0 radical (unpaired) electrons. The van der Waals surface area contributed by atoms with E-state index in [-0.39, 0.29) is 29.1 Å². The molecule has 0 aromatic heterocycles. The Morgan fingerprint density at radius 1 is 1.32 bits per heavy atom. The summed E-state index contributed by atoms with van der Waals surface area (Å²) in [5, 5.41) is 19.7. The van der Waals surface area contributed by atoms with Crippen LogP contribution in [0.1, 0.15) is 44.6 Å². The van der Waals surface area contributed by atoms with Crippen LogP contribution in [0.5, 0.6) is 17.2 Å². The Labute approximate surface area is 112 Å². The molecule has 2 atom stereocenters. The standard InChI is InChI=1S/C15H18O4/c1-15(2)11-4-3-8(16)5-10(11)14-12(18)6-9(17)7-13(14)19-15/h6-7,10-11,17-18H,3-5H2,1-2H3. The number of carbonyl (C=O) groups is 1. The molecule has 2 N–H and O–H groups in total. The fourth-order valence-electron chi connectivity index (χ4n) is 3.56. The summed E-state index contributed by atoms with van der Waals surface area (Å²) < 4.78 is 5.95. The molecule has 19 heavy (non-hydrogen) atoms. The summed E-state index contributed by atoms with van der Waals surface area (Å²) in [7, 11) is 0. The SMILES string of the molecule is CC1(C)Oc2cc(O)cc(O)c2C2CC(=O)CCC21. The monoisotopic (exact) mass is 262 g/mol. The number of aromatic hydroxyl groups is 2. The second-order valence-electron chi connectivity index (χ2n) is 6.08. The summed E-state index contributed by atoms with van der Waals surface area (Å²) in [5.41, 5.74) is 0.286. The summed E-state index contributed by atoms with van der Waals surface area (Å²) in [5.74, 6) is 0.937. The molecule has 0 bridgehead atoms. The van der Waals surface area contributed by atoms with Gasteiger partial charge in [-0.15, -0.1) is 0 Å². The maximum atomic E-state index is 11.7. The molecular formula is C15H18O4. The fourth-order valence-corrected chi connectivity index (χ4v) is 3.56. The van der Waals surface area contributed by atoms with Crippen LogP contribution >= 0.6 is 0 Å². The van der Waals surface area contributed by atoms with Gasteiger partial charge in [-0.05, 0) is 20.3 Å². The van der Waals surface area contributed by atoms with Gasteiger partial charge in [0.15, 0.2) is 0 Å². The summed E-state index contributed by atoms with van der Waals surface area (Å²) in [6, 6.07) is 2.84. The molecule has 1 aromatic carbocycles. The highest BCUT2D eigenvalue weighted by Crippen LogP contribution is 2.54. The van der Waals surface area contributed by atoms with Crippen molar-refractivity contribution in [3.05, 3.63) is 17.7 Å². The predicted octanol–water partition coefficient (Wildman–Crippen LogP) is 2.72. The Bertz CT molecular complexity index is 547. The van der Waals surface area contributed by atoms with E-state index in [0.29, 0.717) is 24.2 Å². The Morgan fingerprint density at radius 3 is 2.79 bits per heavy atom. The quantitative estimate of drug-likeness (QED) is 0.754. The van der Waals surface area contributed by atoms with Crippen LogP contribution in [-0.4, -0.2) is 21.6 Å². The zero-order valence-corrected chi connectivity index (χ0v) is 11.1. The first kappa shape index (κ1) is 12.3. The highest BCUT2D eigenvalue weighted by atomic mass is 16.5. The molecule has 1 saturated carbocycles. The van der Waals surface area contributed by atoms with Crippen molar-refractivity contribution < 1.29 is 19.7 Å². The van der Waals surface area contributed by atoms with Crippen LogP contribution in [0.3, 0.4) is 0 Å². The molecule has 1 aromatic rings. The summed E-state index contributed by atoms with van der Waals surface area (Å²) in [6.45, 7) is 4.01. The van der Waals surface area contributed by atoms with Crippen LogP contribution in [0.25, 0.3) is 0 Å². The minimum atomic E-state index is -0.390. The Morgan fingerprint density at radius 2 is 2.05 bits per heavy atom. The van der Waals surface area contributed by atoms with Gasteiger partial charge in [-0.1, -0.05) is 0 Å². The zero-order valence-electron chi connectivity index (χ0n) is 11.1. The van der Waals surface area contributed by atoms with Gasteiger partial charge in [0.1, 0.15) is 28.6 Å². The number of Topliss-reactive ketones (excluding diaryl/α,β-unsaturated/α-hetero) is 1. The Kier molecular flexibility index (Phi) is 2.52. The van der Waals surface area contributed by atoms with E-state index < -0.39 is 5.60 Å². The molecule has 2 unspecified atom stereocenters. The number of hydrogen-bond acceptors (Lipinski definition) is 4. The number of phenolic OH excluding ortho intramolecular Hbond substituents is 2. The van der Waals surface area contributed by atoms with Crippen molar-refractivity contribution in [3.8, 4) is 17.2 Å². The predicted molar refractivity (Wildman–Crippen MR) is 69.6 cm³/mol. The van der Waals surface area contributed by atoms with Gasteiger partial charge in [-0.3, -0.25) is 4.79 Å². The fraction of sp³-hybridized carbons (Fsp3) is 0.533. The summed E-state index contributed by atoms with van der Waals surface area (Å²) >= 11 is 0. The number of phenols is 2. The van der Waals surface area contributed by atoms with Crippen molar-refractivity contribution >= 4 is 5.78 Å². The molecule has 1 fully saturated rings. The molecule has 4 nitrogen and oxygen atoms in total. The van der Waals surface area contributed by atoms with E-state index in [9.17, 15) is 15.0 Å². The first-order chi connectivity index (χ1) is 8.88. The maximum Gasteiger partial charge on any atom is 0.133 e. The van der Waals surface area contributed by atoms with Gasteiger partial charge in [0.2, 0.25) is 0 Å². The van der Waals surface area contributed by atoms with E-state index in [1.54, 1.807) is 0 Å². The topological polar surface area (TPSA) is 66.8 Å². The van der Waals surface area contributed by atoms with Gasteiger partial charge in [0, 0.05) is 42.4 Å². The largest absolute Gasteiger partial charge is 0.508 e. The number of ether oxygens (including phenoxy) is 1. The molecule has 0 amide bonds. The van der Waals surface area contributed by atoms with E-state index >= 15 is 0 Å². The third-order valence-corrected chi connectivity index (χ3v) is 4.41. The van der Waals surface area contributed by atoms with Crippen LogP contribution in [0.4, 0.5) is 0 Å². The van der Waals surface area contributed by atoms with E-state index in [1.807, 2.05) is 13.8 Å². The van der Waals surface area contributed by atoms with Crippen molar-refractivity contribution in [1.29, 1.82) is 0 Å². The smallest absolute Gasteiger partial charge is 0.133 e. The van der Waals surface area contributed by atoms with Crippen LogP contribution in [0, 0.1) is 5.92 Å². The number of ketones is 1. The minimum absolute atomic E-state index is 0.0133. The van der Waals surface area contributed by atoms with Crippen molar-refractivity contribution in [2.45, 2.75) is 44.6 Å². The molecular weight excluding hydrogens is 244 g/mol. The lowest BCUT2D eigenvalue weighted by Crippen LogP contribution is -2.46. The average Bonchev–Trinajstić information content (AvgIpc) is 2.25. The van der Waals surface area contributed by atoms with Crippen molar-refractivity contribution in [2.24, 2.45) is 5.92 Å². The normalized spacial score (nSPS) is 28.2. The van der Waals surface area contributed by atoms with Crippen molar-refractivity contribution in [2.75, 3.05) is 0 Å². The van der Waals surface area contributed by atoms with Gasteiger partial charge in [0.25, 0.3) is 0 Å². The number of rotatable bonds is 0. The molecule has 0 saturated heterocycles. The van der Waals surface area contributed by atoms with Gasteiger partial charge in [0.05, 0.1) is 0 Å². The second-order valence-corrected chi connectivity index (χ2v) is 6.08. The van der Waals surface area contributed by atoms with E-state index in [0.717, 1.165) is 6.42 Å². The average molecular weight is 262 g/mol. The van der Waals surface area contributed by atoms with E-state index in [4.69, 9.17) is 4.74 Å². The van der Waals surface area contributed by atoms with Crippen molar-refractivity contribution in [1.82, 2.24) is 0 Å². The van der Waals surface area contributed by atoms with Crippen LogP contribution in [-0.2, 0) is 4.79 Å². The highest BCUT2D eigenvalue weighted by Gasteiger charge is 2.47. The zero-order chi connectivity index (χ0) is 13.8. The number of hydrogen-bond donors (Lipinski definition) is 2. The van der Waals surface area contributed by atoms with Gasteiger partial charge in [-0.2, -0.15) is 0 Å². The lowest BCUT2D eigenvalue weighted by Gasteiger charge is -2.47. The Balaban J connectivity index is 2.15. The maximum absolute atomic E-state index is 11.7. The lowest BCUT2D eigenvalue weighted by atomic mass is 9.66. The molecule has 2 aliphatic rings. The van der Waals surface area contributed by atoms with Gasteiger partial charge in [-0.25, -0.2) is 0 Å². The Hall–Kier alpha value is -1.71. The summed E-state index contributed by atoms with van der Waals surface area (Å²) in [6.07, 6.45) is 1.82. The number of benzene rings is 1. The van der Waals surface area contributed by atoms with Crippen LogP contribution < -0.4 is 4.74 Å². The first-order valence-electron chi connectivity index (χ1n) is 6.65. The number of fused-ring (bicyclic) bond motifs is 3. The molecule has 1 heterocycles. The van der Waals surface area contributed by atoms with Gasteiger partial charge >= 0.3 is 0 Å². The van der Waals surface area contributed by atoms with Crippen LogP contribution in [0.15, 0.2) is 12.1 Å². The first-order valence-corrected chi connectivity index (χ1v) is 6.65. The number of carbonyl (C=O) groups excluding carboxylic acids is 1. The molecule has 3 rings (SSSR count). The highest BCUT2D eigenvalue weighted by molar-refractivity contribution is 5.81. The molecule has 0 spiro atoms. The minimum Gasteiger partial charge on any atom is -0.508 e. The van der Waals surface area contributed by atoms with Gasteiger partial charge < -0.3 is 14.9 Å². The molecule has 1 aliphatic carbocycles. The summed E-state index contributed by atoms with van der Waals surface area (Å²) in [4.78, 5) is 11.7. The van der Waals surface area contributed by atoms with Crippen LogP contribution in [0.2, 0.25) is 0 Å². The molecule has 4 heteroatoms. The second kappa shape index (κ2) is 3.89. The molecule has 102 valence electrons. The van der Waals surface area contributed by atoms with E-state index in [2.05, 4.69) is 0 Å². The van der Waals surface area contributed by atoms with E-state index in [1.165, 1.54) is 12.1 Å².